The number of anilines is 2. The molecule has 186 valence electrons. The lowest BCUT2D eigenvalue weighted by atomic mass is 10.2. The van der Waals surface area contributed by atoms with Gasteiger partial charge in [0, 0.05) is 44.3 Å². The van der Waals surface area contributed by atoms with Gasteiger partial charge in [-0.2, -0.15) is 0 Å². The van der Waals surface area contributed by atoms with Gasteiger partial charge in [-0.3, -0.25) is 14.8 Å². The molecule has 0 bridgehead atoms. The molecule has 9 nitrogen and oxygen atoms in total. The second-order valence-corrected chi connectivity index (χ2v) is 8.31. The predicted molar refractivity (Wildman–Crippen MR) is 142 cm³/mol. The number of nitrogens with one attached hydrogen (secondary N) is 2. The molecule has 5 rings (SSSR count). The Bertz CT molecular complexity index is 1530. The van der Waals surface area contributed by atoms with Crippen molar-refractivity contribution in [2.45, 2.75) is 6.42 Å². The molecule has 2 aromatic carbocycles. The van der Waals surface area contributed by atoms with E-state index in [0.29, 0.717) is 30.4 Å². The minimum Gasteiger partial charge on any atom is -0.495 e. The van der Waals surface area contributed by atoms with Crippen LogP contribution >= 0.6 is 0 Å². The van der Waals surface area contributed by atoms with Crippen molar-refractivity contribution in [1.82, 2.24) is 24.8 Å². The summed E-state index contributed by atoms with van der Waals surface area (Å²) in [6, 6.07) is 20.5. The zero-order valence-electron chi connectivity index (χ0n) is 20.5. The lowest BCUT2D eigenvalue weighted by Gasteiger charge is -2.10. The van der Waals surface area contributed by atoms with E-state index in [9.17, 15) is 4.79 Å². The number of hydrogen-bond acceptors (Lipinski definition) is 7. The number of pyridine rings is 2. The number of nitrogens with zero attached hydrogens (tertiary/aromatic N) is 4. The number of aromatic nitrogens is 4. The fourth-order valence-corrected chi connectivity index (χ4v) is 3.92. The van der Waals surface area contributed by atoms with E-state index in [4.69, 9.17) is 14.5 Å². The van der Waals surface area contributed by atoms with Gasteiger partial charge in [-0.15, -0.1) is 0 Å². The van der Waals surface area contributed by atoms with Crippen LogP contribution in [-0.4, -0.2) is 39.1 Å². The molecule has 0 aliphatic carbocycles. The smallest absolute Gasteiger partial charge is 0.270 e. The molecule has 0 saturated carbocycles. The number of fused-ring (bicyclic) bond motifs is 1. The highest BCUT2D eigenvalue weighted by Gasteiger charge is 2.13. The van der Waals surface area contributed by atoms with E-state index in [1.807, 2.05) is 66.2 Å². The summed E-state index contributed by atoms with van der Waals surface area (Å²) in [6.45, 7) is 0.497. The van der Waals surface area contributed by atoms with Crippen LogP contribution in [-0.2, 0) is 13.5 Å². The van der Waals surface area contributed by atoms with Crippen molar-refractivity contribution in [3.63, 3.8) is 0 Å². The quantitative estimate of drug-likeness (QED) is 0.301. The summed E-state index contributed by atoms with van der Waals surface area (Å²) in [6.07, 6.45) is 5.74. The molecule has 0 saturated heterocycles. The number of hydrogen-bond donors (Lipinski definition) is 2. The predicted octanol–water partition coefficient (Wildman–Crippen LogP) is 4.88. The Kier molecular flexibility index (Phi) is 6.93. The first-order valence-electron chi connectivity index (χ1n) is 11.8. The zero-order chi connectivity index (χ0) is 25.6. The van der Waals surface area contributed by atoms with Gasteiger partial charge in [0.1, 0.15) is 22.9 Å². The van der Waals surface area contributed by atoms with Crippen LogP contribution in [0.3, 0.4) is 0 Å². The number of rotatable bonds is 9. The Labute approximate surface area is 214 Å². The van der Waals surface area contributed by atoms with Crippen molar-refractivity contribution in [3.05, 3.63) is 96.6 Å². The second kappa shape index (κ2) is 10.8. The van der Waals surface area contributed by atoms with Crippen molar-refractivity contribution < 1.29 is 14.3 Å². The number of benzene rings is 2. The Balaban J connectivity index is 1.27. The van der Waals surface area contributed by atoms with Crippen LogP contribution in [0.2, 0.25) is 0 Å². The number of para-hydroxylation sites is 2. The van der Waals surface area contributed by atoms with Gasteiger partial charge < -0.3 is 24.7 Å². The van der Waals surface area contributed by atoms with Gasteiger partial charge in [-0.25, -0.2) is 4.98 Å². The molecule has 0 unspecified atom stereocenters. The molecule has 0 aliphatic heterocycles. The number of carbonyl (C=O) groups is 1. The van der Waals surface area contributed by atoms with Gasteiger partial charge in [0.25, 0.3) is 5.91 Å². The number of ether oxygens (including phenoxy) is 2. The molecule has 3 aromatic heterocycles. The fraction of sp³-hybridized carbons (Fsp3) is 0.143. The van der Waals surface area contributed by atoms with Gasteiger partial charge in [-0.05, 0) is 54.4 Å². The SMILES string of the molecule is COc1ccccc1Nc1nc2cc(Oc3ccnc(C(=O)NCCc4ccncc4)c3)ccc2n1C. The molecule has 0 atom stereocenters. The highest BCUT2D eigenvalue weighted by Crippen LogP contribution is 2.30. The van der Waals surface area contributed by atoms with Crippen molar-refractivity contribution >= 4 is 28.6 Å². The first-order chi connectivity index (χ1) is 18.1. The standard InChI is InChI=1S/C28H26N6O3/c1-34-25-8-7-20(17-23(25)33-28(34)32-22-5-3-4-6-26(22)36-2)37-21-12-16-30-24(18-21)27(35)31-15-11-19-9-13-29-14-10-19/h3-10,12-14,16-18H,11,15H2,1-2H3,(H,31,35)(H,32,33). The number of methoxy groups -OCH3 is 1. The molecule has 0 spiro atoms. The minimum atomic E-state index is -0.258. The van der Waals surface area contributed by atoms with Crippen LogP contribution < -0.4 is 20.1 Å². The third-order valence-corrected chi connectivity index (χ3v) is 5.85. The maximum absolute atomic E-state index is 12.6. The van der Waals surface area contributed by atoms with Gasteiger partial charge >= 0.3 is 0 Å². The molecular weight excluding hydrogens is 468 g/mol. The normalized spacial score (nSPS) is 10.8. The van der Waals surface area contributed by atoms with Crippen molar-refractivity contribution in [2.75, 3.05) is 19.0 Å². The zero-order valence-corrected chi connectivity index (χ0v) is 20.5. The van der Waals surface area contributed by atoms with E-state index in [2.05, 4.69) is 20.6 Å². The topological polar surface area (TPSA) is 103 Å². The highest BCUT2D eigenvalue weighted by atomic mass is 16.5. The largest absolute Gasteiger partial charge is 0.495 e. The molecule has 5 aromatic rings. The van der Waals surface area contributed by atoms with Gasteiger partial charge in [0.05, 0.1) is 23.8 Å². The average Bonchev–Trinajstić information content (AvgIpc) is 3.23. The van der Waals surface area contributed by atoms with Crippen molar-refractivity contribution in [1.29, 1.82) is 0 Å². The van der Waals surface area contributed by atoms with Crippen LogP contribution in [0.5, 0.6) is 17.2 Å². The fourth-order valence-electron chi connectivity index (χ4n) is 3.92. The number of carbonyl (C=O) groups excluding carboxylic acids is 1. The van der Waals surface area contributed by atoms with Crippen LogP contribution in [0.25, 0.3) is 11.0 Å². The van der Waals surface area contributed by atoms with E-state index in [0.717, 1.165) is 28.0 Å². The molecule has 9 heteroatoms. The van der Waals surface area contributed by atoms with E-state index in [1.54, 1.807) is 37.8 Å². The molecular formula is C28H26N6O3. The molecule has 0 aliphatic rings. The third-order valence-electron chi connectivity index (χ3n) is 5.85. The summed E-state index contributed by atoms with van der Waals surface area (Å²) in [5.41, 5.74) is 3.92. The van der Waals surface area contributed by atoms with Crippen molar-refractivity contribution in [3.8, 4) is 17.2 Å². The summed E-state index contributed by atoms with van der Waals surface area (Å²) in [7, 11) is 3.58. The summed E-state index contributed by atoms with van der Waals surface area (Å²) >= 11 is 0. The van der Waals surface area contributed by atoms with E-state index in [-0.39, 0.29) is 11.6 Å². The molecule has 1 amide bonds. The molecule has 0 radical (unpaired) electrons. The second-order valence-electron chi connectivity index (χ2n) is 8.31. The lowest BCUT2D eigenvalue weighted by molar-refractivity contribution is 0.0949. The van der Waals surface area contributed by atoms with Crippen LogP contribution in [0.4, 0.5) is 11.6 Å². The summed E-state index contributed by atoms with van der Waals surface area (Å²) in [5, 5.41) is 6.22. The molecule has 2 N–H and O–H groups in total. The number of imidazole rings is 1. The summed E-state index contributed by atoms with van der Waals surface area (Å²) < 4.78 is 13.4. The van der Waals surface area contributed by atoms with Crippen LogP contribution in [0, 0.1) is 0 Å². The Morgan fingerprint density at radius 1 is 0.973 bits per heavy atom. The van der Waals surface area contributed by atoms with Crippen molar-refractivity contribution in [2.24, 2.45) is 7.05 Å². The first-order valence-corrected chi connectivity index (χ1v) is 11.8. The Hall–Kier alpha value is -4.92. The molecule has 0 fully saturated rings. The van der Waals surface area contributed by atoms with E-state index >= 15 is 0 Å². The average molecular weight is 495 g/mol. The molecule has 37 heavy (non-hydrogen) atoms. The highest BCUT2D eigenvalue weighted by molar-refractivity contribution is 5.92. The van der Waals surface area contributed by atoms with E-state index in [1.165, 1.54) is 0 Å². The van der Waals surface area contributed by atoms with Gasteiger partial charge in [0.2, 0.25) is 5.95 Å². The van der Waals surface area contributed by atoms with Gasteiger partial charge in [0.15, 0.2) is 0 Å². The Morgan fingerprint density at radius 2 is 1.78 bits per heavy atom. The monoisotopic (exact) mass is 494 g/mol. The summed E-state index contributed by atoms with van der Waals surface area (Å²) in [5.74, 6) is 2.26. The minimum absolute atomic E-state index is 0.258. The summed E-state index contributed by atoms with van der Waals surface area (Å²) in [4.78, 5) is 25.5. The van der Waals surface area contributed by atoms with Gasteiger partial charge in [-0.1, -0.05) is 12.1 Å². The maximum Gasteiger partial charge on any atom is 0.270 e. The molecule has 3 heterocycles. The number of aryl methyl sites for hydroxylation is 1. The lowest BCUT2D eigenvalue weighted by Crippen LogP contribution is -2.26. The van der Waals surface area contributed by atoms with Crippen LogP contribution in [0.1, 0.15) is 16.1 Å². The number of amides is 1. The Morgan fingerprint density at radius 3 is 2.62 bits per heavy atom. The third kappa shape index (κ3) is 5.51. The maximum atomic E-state index is 12.6. The van der Waals surface area contributed by atoms with Crippen LogP contribution in [0.15, 0.2) is 85.3 Å². The first kappa shape index (κ1) is 23.8. The van der Waals surface area contributed by atoms with E-state index < -0.39 is 0 Å².